The first-order valence-electron chi connectivity index (χ1n) is 8.61. The van der Waals surface area contributed by atoms with Gasteiger partial charge in [-0.05, 0) is 43.2 Å². The molecule has 4 rings (SSSR count). The van der Waals surface area contributed by atoms with Gasteiger partial charge in [0.05, 0.1) is 11.4 Å². The van der Waals surface area contributed by atoms with Gasteiger partial charge in [0.2, 0.25) is 11.9 Å². The fraction of sp³-hybridized carbons (Fsp3) is 0.263. The second-order valence-corrected chi connectivity index (χ2v) is 6.57. The molecular weight excluding hydrogens is 328 g/mol. The first kappa shape index (κ1) is 16.3. The lowest BCUT2D eigenvalue weighted by Gasteiger charge is -2.19. The van der Waals surface area contributed by atoms with Crippen LogP contribution in [0.4, 0.5) is 17.5 Å². The van der Waals surface area contributed by atoms with Crippen molar-refractivity contribution in [3.8, 4) is 0 Å². The van der Waals surface area contributed by atoms with Gasteiger partial charge >= 0.3 is 0 Å². The van der Waals surface area contributed by atoms with Crippen LogP contribution in [0.25, 0.3) is 11.0 Å². The number of pyridine rings is 1. The van der Waals surface area contributed by atoms with E-state index in [0.717, 1.165) is 24.2 Å². The van der Waals surface area contributed by atoms with Crippen molar-refractivity contribution in [2.24, 2.45) is 5.92 Å². The van der Waals surface area contributed by atoms with Crippen LogP contribution in [-0.2, 0) is 4.79 Å². The summed E-state index contributed by atoms with van der Waals surface area (Å²) in [6.07, 6.45) is 2.47. The van der Waals surface area contributed by atoms with Gasteiger partial charge < -0.3 is 16.0 Å². The molecule has 7 heteroatoms. The third-order valence-electron chi connectivity index (χ3n) is 4.60. The van der Waals surface area contributed by atoms with Gasteiger partial charge in [0, 0.05) is 25.0 Å². The molecule has 1 saturated heterocycles. The zero-order valence-corrected chi connectivity index (χ0v) is 14.5. The molecule has 0 aliphatic carbocycles. The summed E-state index contributed by atoms with van der Waals surface area (Å²) in [5, 5.41) is 3.01. The van der Waals surface area contributed by atoms with Gasteiger partial charge in [-0.15, -0.1) is 0 Å². The number of fused-ring (bicyclic) bond motifs is 1. The second-order valence-electron chi connectivity index (χ2n) is 6.57. The maximum atomic E-state index is 12.6. The standard InChI is InChI=1S/C19H20N6O/c1-12-4-2-5-14(10-12)22-18(26)13-7-9-25(11-13)17-16-15(6-3-8-21-16)23-19(20)24-17/h2-6,8,10,13H,7,9,11H2,1H3,(H,22,26)(H2,20,23,24)/t13-/m1/s1. The Morgan fingerprint density at radius 2 is 2.15 bits per heavy atom. The molecule has 0 saturated carbocycles. The quantitative estimate of drug-likeness (QED) is 0.754. The van der Waals surface area contributed by atoms with E-state index in [1.54, 1.807) is 6.20 Å². The van der Waals surface area contributed by atoms with Crippen molar-refractivity contribution in [1.82, 2.24) is 15.0 Å². The lowest BCUT2D eigenvalue weighted by molar-refractivity contribution is -0.119. The number of hydrogen-bond donors (Lipinski definition) is 2. The van der Waals surface area contributed by atoms with E-state index in [-0.39, 0.29) is 17.8 Å². The monoisotopic (exact) mass is 348 g/mol. The molecule has 3 aromatic rings. The fourth-order valence-corrected chi connectivity index (χ4v) is 3.32. The van der Waals surface area contributed by atoms with Crippen molar-refractivity contribution in [3.05, 3.63) is 48.2 Å². The van der Waals surface area contributed by atoms with Crippen molar-refractivity contribution in [3.63, 3.8) is 0 Å². The molecule has 132 valence electrons. The van der Waals surface area contributed by atoms with E-state index >= 15 is 0 Å². The minimum absolute atomic E-state index is 0.0254. The van der Waals surface area contributed by atoms with E-state index in [2.05, 4.69) is 25.2 Å². The van der Waals surface area contributed by atoms with Crippen LogP contribution in [0.5, 0.6) is 0 Å². The van der Waals surface area contributed by atoms with Gasteiger partial charge in [0.15, 0.2) is 5.82 Å². The van der Waals surface area contributed by atoms with Crippen LogP contribution in [-0.4, -0.2) is 33.9 Å². The number of anilines is 3. The number of amides is 1. The van der Waals surface area contributed by atoms with Crippen molar-refractivity contribution in [2.45, 2.75) is 13.3 Å². The number of hydrogen-bond acceptors (Lipinski definition) is 6. The third kappa shape index (κ3) is 3.15. The van der Waals surface area contributed by atoms with E-state index in [1.165, 1.54) is 0 Å². The average molecular weight is 348 g/mol. The zero-order valence-electron chi connectivity index (χ0n) is 14.5. The maximum Gasteiger partial charge on any atom is 0.229 e. The van der Waals surface area contributed by atoms with Gasteiger partial charge in [0.25, 0.3) is 0 Å². The predicted molar refractivity (Wildman–Crippen MR) is 102 cm³/mol. The fourth-order valence-electron chi connectivity index (χ4n) is 3.32. The van der Waals surface area contributed by atoms with Crippen LogP contribution in [0.3, 0.4) is 0 Å². The molecule has 2 aromatic heterocycles. The number of carbonyl (C=O) groups excluding carboxylic acids is 1. The molecule has 26 heavy (non-hydrogen) atoms. The smallest absolute Gasteiger partial charge is 0.229 e. The number of nitrogens with one attached hydrogen (secondary N) is 1. The highest BCUT2D eigenvalue weighted by Gasteiger charge is 2.30. The Morgan fingerprint density at radius 3 is 3.00 bits per heavy atom. The van der Waals surface area contributed by atoms with Gasteiger partial charge in [-0.1, -0.05) is 12.1 Å². The van der Waals surface area contributed by atoms with E-state index in [1.807, 2.05) is 43.3 Å². The average Bonchev–Trinajstić information content (AvgIpc) is 3.11. The van der Waals surface area contributed by atoms with Gasteiger partial charge in [-0.2, -0.15) is 4.98 Å². The Kier molecular flexibility index (Phi) is 4.12. The van der Waals surface area contributed by atoms with Crippen LogP contribution < -0.4 is 16.0 Å². The summed E-state index contributed by atoms with van der Waals surface area (Å²) in [6, 6.07) is 11.5. The third-order valence-corrected chi connectivity index (χ3v) is 4.60. The number of nitrogens with two attached hydrogens (primary N) is 1. The number of carbonyl (C=O) groups is 1. The van der Waals surface area contributed by atoms with E-state index in [9.17, 15) is 4.79 Å². The normalized spacial score (nSPS) is 16.8. The molecule has 1 atom stereocenters. The Hall–Kier alpha value is -3.22. The second kappa shape index (κ2) is 6.59. The molecule has 0 radical (unpaired) electrons. The molecule has 7 nitrogen and oxygen atoms in total. The molecule has 0 bridgehead atoms. The highest BCUT2D eigenvalue weighted by molar-refractivity contribution is 5.94. The lowest BCUT2D eigenvalue weighted by Crippen LogP contribution is -2.27. The summed E-state index contributed by atoms with van der Waals surface area (Å²) in [5.41, 5.74) is 9.21. The molecule has 0 spiro atoms. The number of aryl methyl sites for hydroxylation is 1. The van der Waals surface area contributed by atoms with Crippen molar-refractivity contribution in [2.75, 3.05) is 29.0 Å². The summed E-state index contributed by atoms with van der Waals surface area (Å²) in [6.45, 7) is 3.32. The highest BCUT2D eigenvalue weighted by atomic mass is 16.1. The first-order valence-corrected chi connectivity index (χ1v) is 8.61. The van der Waals surface area contributed by atoms with Crippen LogP contribution in [0.1, 0.15) is 12.0 Å². The minimum atomic E-state index is -0.106. The van der Waals surface area contributed by atoms with Gasteiger partial charge in [0.1, 0.15) is 5.52 Å². The number of aromatic nitrogens is 3. The molecule has 1 aliphatic rings. The number of benzene rings is 1. The maximum absolute atomic E-state index is 12.6. The number of rotatable bonds is 3. The van der Waals surface area contributed by atoms with Crippen LogP contribution in [0.2, 0.25) is 0 Å². The molecule has 1 aromatic carbocycles. The van der Waals surface area contributed by atoms with E-state index in [4.69, 9.17) is 5.73 Å². The Balaban J connectivity index is 1.53. The SMILES string of the molecule is Cc1cccc(NC(=O)[C@@H]2CCN(c3nc(N)nc4cccnc34)C2)c1. The molecule has 1 fully saturated rings. The summed E-state index contributed by atoms with van der Waals surface area (Å²) < 4.78 is 0. The summed E-state index contributed by atoms with van der Waals surface area (Å²) in [7, 11) is 0. The first-order chi connectivity index (χ1) is 12.6. The zero-order chi connectivity index (χ0) is 18.1. The summed E-state index contributed by atoms with van der Waals surface area (Å²) in [5.74, 6) is 0.829. The molecule has 1 amide bonds. The molecule has 1 aliphatic heterocycles. The lowest BCUT2D eigenvalue weighted by atomic mass is 10.1. The van der Waals surface area contributed by atoms with Crippen molar-refractivity contribution in [1.29, 1.82) is 0 Å². The Morgan fingerprint density at radius 1 is 1.27 bits per heavy atom. The molecular formula is C19H20N6O. The molecule has 0 unspecified atom stereocenters. The molecule has 3 heterocycles. The largest absolute Gasteiger partial charge is 0.368 e. The molecule has 3 N–H and O–H groups in total. The van der Waals surface area contributed by atoms with Crippen LogP contribution in [0, 0.1) is 12.8 Å². The highest BCUT2D eigenvalue weighted by Crippen LogP contribution is 2.28. The Labute approximate surface area is 151 Å². The van der Waals surface area contributed by atoms with Gasteiger partial charge in [-0.3, -0.25) is 9.78 Å². The van der Waals surface area contributed by atoms with Gasteiger partial charge in [-0.25, -0.2) is 4.98 Å². The van der Waals surface area contributed by atoms with Crippen LogP contribution >= 0.6 is 0 Å². The Bertz CT molecular complexity index is 973. The summed E-state index contributed by atoms with van der Waals surface area (Å²) in [4.78, 5) is 27.7. The topological polar surface area (TPSA) is 97.0 Å². The number of nitrogens with zero attached hydrogens (tertiary/aromatic N) is 4. The van der Waals surface area contributed by atoms with Crippen LogP contribution in [0.15, 0.2) is 42.6 Å². The minimum Gasteiger partial charge on any atom is -0.368 e. The number of nitrogen functional groups attached to an aromatic ring is 1. The van der Waals surface area contributed by atoms with E-state index in [0.29, 0.717) is 23.4 Å². The summed E-state index contributed by atoms with van der Waals surface area (Å²) >= 11 is 0. The van der Waals surface area contributed by atoms with Crippen molar-refractivity contribution >= 4 is 34.4 Å². The predicted octanol–water partition coefficient (Wildman–Crippen LogP) is 2.38. The van der Waals surface area contributed by atoms with Crippen molar-refractivity contribution < 1.29 is 4.79 Å². The van der Waals surface area contributed by atoms with E-state index < -0.39 is 0 Å².